The first-order valence-corrected chi connectivity index (χ1v) is 9.23. The number of carboxylic acids is 2. The van der Waals surface area contributed by atoms with Gasteiger partial charge >= 0.3 is 11.9 Å². The molecule has 0 radical (unpaired) electrons. The molecule has 0 saturated carbocycles. The van der Waals surface area contributed by atoms with E-state index in [2.05, 4.69) is 40.6 Å². The first-order chi connectivity index (χ1) is 13.8. The van der Waals surface area contributed by atoms with E-state index >= 15 is 0 Å². The average molecular weight is 399 g/mol. The molecule has 1 amide bonds. The molecule has 29 heavy (non-hydrogen) atoms. The maximum Gasteiger partial charge on any atom is 0.328 e. The Morgan fingerprint density at radius 2 is 1.90 bits per heavy atom. The van der Waals surface area contributed by atoms with Gasteiger partial charge in [-0.05, 0) is 37.2 Å². The number of nitrogens with zero attached hydrogens (tertiary/aromatic N) is 1. The molecule has 1 aromatic carbocycles. The Hall–Kier alpha value is -3.39. The predicted molar refractivity (Wildman–Crippen MR) is 112 cm³/mol. The number of benzene rings is 1. The van der Waals surface area contributed by atoms with Crippen LogP contribution in [-0.2, 0) is 14.4 Å². The lowest BCUT2D eigenvalue weighted by atomic mass is 9.99. The maximum atomic E-state index is 11.5. The Bertz CT molecular complexity index is 942. The van der Waals surface area contributed by atoms with Gasteiger partial charge in [0.25, 0.3) is 0 Å². The quantitative estimate of drug-likeness (QED) is 0.573. The molecule has 1 aliphatic heterocycles. The molecule has 0 atom stereocenters. The molecule has 154 valence electrons. The highest BCUT2D eigenvalue weighted by Gasteiger charge is 2.14. The van der Waals surface area contributed by atoms with Crippen molar-refractivity contribution in [3.63, 3.8) is 0 Å². The number of aliphatic carboxylic acids is 2. The van der Waals surface area contributed by atoms with Crippen molar-refractivity contribution in [2.75, 3.05) is 25.5 Å². The van der Waals surface area contributed by atoms with E-state index in [0.717, 1.165) is 30.7 Å². The van der Waals surface area contributed by atoms with Gasteiger partial charge in [0, 0.05) is 60.0 Å². The van der Waals surface area contributed by atoms with Crippen LogP contribution in [0.3, 0.4) is 0 Å². The van der Waals surface area contributed by atoms with Crippen LogP contribution in [0.25, 0.3) is 16.5 Å². The lowest BCUT2D eigenvalue weighted by Gasteiger charge is -2.21. The summed E-state index contributed by atoms with van der Waals surface area (Å²) >= 11 is 0. The second-order valence-electron chi connectivity index (χ2n) is 6.62. The van der Waals surface area contributed by atoms with Crippen LogP contribution >= 0.6 is 0 Å². The van der Waals surface area contributed by atoms with Crippen LogP contribution in [0.15, 0.2) is 42.6 Å². The number of carbonyl (C=O) groups excluding carboxylic acids is 1. The van der Waals surface area contributed by atoms with Gasteiger partial charge in [0.1, 0.15) is 0 Å². The molecule has 8 heteroatoms. The molecule has 0 spiro atoms. The minimum Gasteiger partial charge on any atom is -0.478 e. The third-order valence-corrected chi connectivity index (χ3v) is 4.41. The van der Waals surface area contributed by atoms with Gasteiger partial charge in [-0.3, -0.25) is 4.79 Å². The Balaban J connectivity index is 0.000000321. The number of amides is 1. The molecule has 0 fully saturated rings. The molecule has 0 unspecified atom stereocenters. The van der Waals surface area contributed by atoms with Gasteiger partial charge in [0.2, 0.25) is 5.91 Å². The summed E-state index contributed by atoms with van der Waals surface area (Å²) in [4.78, 5) is 36.3. The first-order valence-electron chi connectivity index (χ1n) is 9.23. The van der Waals surface area contributed by atoms with Crippen LogP contribution in [0.1, 0.15) is 25.3 Å². The monoisotopic (exact) mass is 399 g/mol. The molecule has 1 aromatic heterocycles. The number of hydrogen-bond donors (Lipinski definition) is 4. The number of likely N-dealkylation sites (N-methyl/N-ethyl adjacent to an activating group) is 1. The normalized spacial score (nSPS) is 14.2. The zero-order valence-corrected chi connectivity index (χ0v) is 16.4. The summed E-state index contributed by atoms with van der Waals surface area (Å²) in [5.41, 5.74) is 4.62. The summed E-state index contributed by atoms with van der Waals surface area (Å²) in [6.45, 7) is 3.94. The third kappa shape index (κ3) is 6.62. The number of aromatic nitrogens is 1. The van der Waals surface area contributed by atoms with Gasteiger partial charge in [0.15, 0.2) is 0 Å². The van der Waals surface area contributed by atoms with Crippen LogP contribution in [0.4, 0.5) is 5.69 Å². The molecule has 8 nitrogen and oxygen atoms in total. The van der Waals surface area contributed by atoms with Crippen molar-refractivity contribution in [3.8, 4) is 0 Å². The molecule has 3 rings (SSSR count). The van der Waals surface area contributed by atoms with E-state index < -0.39 is 11.9 Å². The number of rotatable bonds is 5. The van der Waals surface area contributed by atoms with E-state index in [9.17, 15) is 14.4 Å². The van der Waals surface area contributed by atoms with Crippen molar-refractivity contribution in [2.24, 2.45) is 0 Å². The summed E-state index contributed by atoms with van der Waals surface area (Å²) in [6, 6.07) is 6.03. The van der Waals surface area contributed by atoms with E-state index in [1.807, 2.05) is 19.1 Å². The minimum absolute atomic E-state index is 0.0462. The number of aromatic amines is 1. The van der Waals surface area contributed by atoms with E-state index in [1.165, 1.54) is 16.5 Å². The second-order valence-corrected chi connectivity index (χ2v) is 6.62. The van der Waals surface area contributed by atoms with Crippen molar-refractivity contribution in [1.29, 1.82) is 0 Å². The fourth-order valence-corrected chi connectivity index (χ4v) is 2.87. The number of fused-ring (bicyclic) bond motifs is 1. The summed E-state index contributed by atoms with van der Waals surface area (Å²) in [7, 11) is 2.14. The Labute approximate surface area is 168 Å². The molecule has 0 aliphatic carbocycles. The zero-order valence-electron chi connectivity index (χ0n) is 16.4. The Morgan fingerprint density at radius 3 is 2.45 bits per heavy atom. The van der Waals surface area contributed by atoms with E-state index in [0.29, 0.717) is 18.6 Å². The van der Waals surface area contributed by atoms with E-state index in [4.69, 9.17) is 10.2 Å². The number of anilines is 1. The molecule has 2 heterocycles. The predicted octanol–water partition coefficient (Wildman–Crippen LogP) is 2.95. The fraction of sp³-hybridized carbons (Fsp3) is 0.286. The lowest BCUT2D eigenvalue weighted by Crippen LogP contribution is -2.23. The van der Waals surface area contributed by atoms with Crippen molar-refractivity contribution in [1.82, 2.24) is 9.88 Å². The molecule has 0 bridgehead atoms. The van der Waals surface area contributed by atoms with Crippen LogP contribution in [-0.4, -0.2) is 58.1 Å². The van der Waals surface area contributed by atoms with Gasteiger partial charge in [-0.15, -0.1) is 0 Å². The van der Waals surface area contributed by atoms with Gasteiger partial charge < -0.3 is 25.4 Å². The SMILES string of the molecule is CCC(=O)Nc1ccc2[nH]cc(C3=CCN(C)CC3)c2c1.O=C(O)/C=C/C(=O)O. The van der Waals surface area contributed by atoms with Crippen LogP contribution in [0.2, 0.25) is 0 Å². The first kappa shape index (κ1) is 21.9. The highest BCUT2D eigenvalue weighted by Crippen LogP contribution is 2.30. The zero-order chi connectivity index (χ0) is 21.4. The molecular formula is C21H25N3O5. The highest BCUT2D eigenvalue weighted by molar-refractivity contribution is 5.98. The van der Waals surface area contributed by atoms with Crippen LogP contribution in [0.5, 0.6) is 0 Å². The number of H-pyrrole nitrogens is 1. The molecule has 4 N–H and O–H groups in total. The number of hydrogen-bond acceptors (Lipinski definition) is 4. The second kappa shape index (κ2) is 10.2. The minimum atomic E-state index is -1.26. The molecule has 2 aromatic rings. The summed E-state index contributed by atoms with van der Waals surface area (Å²) in [6.07, 6.45) is 7.05. The van der Waals surface area contributed by atoms with Gasteiger partial charge in [0.05, 0.1) is 0 Å². The summed E-state index contributed by atoms with van der Waals surface area (Å²) in [5, 5.41) is 19.7. The Morgan fingerprint density at radius 1 is 1.21 bits per heavy atom. The standard InChI is InChI=1S/C17H21N3O.C4H4O4/c1-3-17(21)19-13-4-5-16-14(10-13)15(11-18-16)12-6-8-20(2)9-7-12;5-3(6)1-2-4(7)8/h4-6,10-11,18H,3,7-9H2,1-2H3,(H,19,21);1-2H,(H,5,6)(H,7,8)/b;2-1+. The third-order valence-electron chi connectivity index (χ3n) is 4.41. The van der Waals surface area contributed by atoms with E-state index in [1.54, 1.807) is 0 Å². The van der Waals surface area contributed by atoms with Crippen LogP contribution in [0, 0.1) is 0 Å². The molecule has 1 aliphatic rings. The van der Waals surface area contributed by atoms with Gasteiger partial charge in [-0.25, -0.2) is 9.59 Å². The molecular weight excluding hydrogens is 374 g/mol. The number of nitrogens with one attached hydrogen (secondary N) is 2. The lowest BCUT2D eigenvalue weighted by molar-refractivity contribution is -0.134. The number of carbonyl (C=O) groups is 3. The largest absolute Gasteiger partial charge is 0.478 e. The summed E-state index contributed by atoms with van der Waals surface area (Å²) in [5.74, 6) is -2.47. The van der Waals surface area contributed by atoms with Gasteiger partial charge in [-0.2, -0.15) is 0 Å². The topological polar surface area (TPSA) is 123 Å². The smallest absolute Gasteiger partial charge is 0.328 e. The fourth-order valence-electron chi connectivity index (χ4n) is 2.87. The summed E-state index contributed by atoms with van der Waals surface area (Å²) < 4.78 is 0. The van der Waals surface area contributed by atoms with E-state index in [-0.39, 0.29) is 5.91 Å². The van der Waals surface area contributed by atoms with Crippen molar-refractivity contribution < 1.29 is 24.6 Å². The number of carboxylic acid groups (broad SMARTS) is 2. The van der Waals surface area contributed by atoms with Crippen molar-refractivity contribution in [2.45, 2.75) is 19.8 Å². The van der Waals surface area contributed by atoms with Gasteiger partial charge in [-0.1, -0.05) is 13.0 Å². The Kier molecular flexibility index (Phi) is 7.73. The average Bonchev–Trinajstić information content (AvgIpc) is 3.10. The molecule has 0 saturated heterocycles. The van der Waals surface area contributed by atoms with Crippen LogP contribution < -0.4 is 5.32 Å². The van der Waals surface area contributed by atoms with Crippen molar-refractivity contribution >= 4 is 40.0 Å². The van der Waals surface area contributed by atoms with Crippen molar-refractivity contribution in [3.05, 3.63) is 48.2 Å². The highest BCUT2D eigenvalue weighted by atomic mass is 16.4. The maximum absolute atomic E-state index is 11.5.